The summed E-state index contributed by atoms with van der Waals surface area (Å²) >= 11 is 0. The van der Waals surface area contributed by atoms with E-state index >= 15 is 0 Å². The Kier molecular flexibility index (Phi) is 7.26. The summed E-state index contributed by atoms with van der Waals surface area (Å²) in [5, 5.41) is 7.12. The molecule has 1 amide bonds. The predicted molar refractivity (Wildman–Crippen MR) is 109 cm³/mol. The molecule has 8 nitrogen and oxygen atoms in total. The Morgan fingerprint density at radius 2 is 1.69 bits per heavy atom. The molecule has 1 N–H and O–H groups in total. The number of alkyl halides is 3. The molecule has 0 saturated carbocycles. The summed E-state index contributed by atoms with van der Waals surface area (Å²) in [5.41, 5.74) is 3.87. The predicted octanol–water partition coefficient (Wildman–Crippen LogP) is 2.65. The van der Waals surface area contributed by atoms with E-state index in [1.807, 2.05) is 17.0 Å². The quantitative estimate of drug-likeness (QED) is 0.749. The second-order valence-electron chi connectivity index (χ2n) is 7.54. The van der Waals surface area contributed by atoms with Crippen LogP contribution in [0, 0.1) is 6.92 Å². The third-order valence-electron chi connectivity index (χ3n) is 5.34. The van der Waals surface area contributed by atoms with Crippen molar-refractivity contribution in [1.82, 2.24) is 19.9 Å². The van der Waals surface area contributed by atoms with Gasteiger partial charge in [0.2, 0.25) is 5.95 Å². The standard InChI is InChI=1S/C19H23N5O.C2HF3O2/c1-14-15-7-12-23(18(25)17-6-2-3-9-20-17)13-8-16(15)22-19(21-14)24-10-4-5-11-24;3-2(4,5)1(6)7/h2-3,6,9H,4-5,7-8,10-13H2,1H3;(H,6,7). The maximum Gasteiger partial charge on any atom is 0.490 e. The number of hydrogen-bond donors (Lipinski definition) is 1. The van der Waals surface area contributed by atoms with E-state index in [0.29, 0.717) is 18.8 Å². The lowest BCUT2D eigenvalue weighted by Crippen LogP contribution is -2.33. The number of amides is 1. The molecular formula is C21H24F3N5O3. The van der Waals surface area contributed by atoms with Gasteiger partial charge in [0.25, 0.3) is 5.91 Å². The monoisotopic (exact) mass is 451 g/mol. The molecule has 2 aromatic heterocycles. The van der Waals surface area contributed by atoms with Gasteiger partial charge < -0.3 is 14.9 Å². The van der Waals surface area contributed by atoms with Crippen LogP contribution in [0.2, 0.25) is 0 Å². The molecule has 172 valence electrons. The van der Waals surface area contributed by atoms with Crippen molar-refractivity contribution in [2.75, 3.05) is 31.1 Å². The average Bonchev–Trinajstić information content (AvgIpc) is 3.21. The van der Waals surface area contributed by atoms with Crippen LogP contribution in [-0.2, 0) is 17.6 Å². The fourth-order valence-electron chi connectivity index (χ4n) is 3.68. The summed E-state index contributed by atoms with van der Waals surface area (Å²) < 4.78 is 31.7. The summed E-state index contributed by atoms with van der Waals surface area (Å²) in [6.45, 7) is 5.52. The van der Waals surface area contributed by atoms with Crippen LogP contribution in [0.1, 0.15) is 40.3 Å². The van der Waals surface area contributed by atoms with Gasteiger partial charge in [0.05, 0.1) is 5.69 Å². The van der Waals surface area contributed by atoms with E-state index in [-0.39, 0.29) is 5.91 Å². The molecule has 0 unspecified atom stereocenters. The number of halogens is 3. The molecule has 2 aliphatic rings. The summed E-state index contributed by atoms with van der Waals surface area (Å²) in [6.07, 6.45) is 0.591. The van der Waals surface area contributed by atoms with Gasteiger partial charge in [0, 0.05) is 44.5 Å². The van der Waals surface area contributed by atoms with Gasteiger partial charge in [-0.05, 0) is 43.9 Å². The maximum atomic E-state index is 12.7. The van der Waals surface area contributed by atoms with E-state index in [0.717, 1.165) is 43.3 Å². The van der Waals surface area contributed by atoms with Crippen LogP contribution in [0.25, 0.3) is 0 Å². The van der Waals surface area contributed by atoms with Crippen LogP contribution >= 0.6 is 0 Å². The first-order valence-electron chi connectivity index (χ1n) is 10.3. The van der Waals surface area contributed by atoms with Crippen molar-refractivity contribution >= 4 is 17.8 Å². The molecule has 32 heavy (non-hydrogen) atoms. The molecule has 0 spiro atoms. The Morgan fingerprint density at radius 3 is 2.28 bits per heavy atom. The van der Waals surface area contributed by atoms with Gasteiger partial charge in [-0.3, -0.25) is 9.78 Å². The highest BCUT2D eigenvalue weighted by molar-refractivity contribution is 5.92. The van der Waals surface area contributed by atoms with E-state index in [1.165, 1.54) is 18.4 Å². The minimum absolute atomic E-state index is 0.00113. The number of nitrogens with zero attached hydrogens (tertiary/aromatic N) is 5. The van der Waals surface area contributed by atoms with E-state index in [1.54, 1.807) is 12.3 Å². The number of carbonyl (C=O) groups excluding carboxylic acids is 1. The van der Waals surface area contributed by atoms with Crippen LogP contribution in [0.15, 0.2) is 24.4 Å². The van der Waals surface area contributed by atoms with Crippen molar-refractivity contribution in [2.45, 2.75) is 38.8 Å². The number of rotatable bonds is 2. The van der Waals surface area contributed by atoms with Gasteiger partial charge in [-0.1, -0.05) is 6.07 Å². The number of carboxylic acid groups (broad SMARTS) is 1. The fourth-order valence-corrected chi connectivity index (χ4v) is 3.68. The zero-order valence-corrected chi connectivity index (χ0v) is 17.6. The average molecular weight is 451 g/mol. The summed E-state index contributed by atoms with van der Waals surface area (Å²) in [4.78, 5) is 39.5. The van der Waals surface area contributed by atoms with Gasteiger partial charge in [-0.25, -0.2) is 14.8 Å². The van der Waals surface area contributed by atoms with Crippen LogP contribution < -0.4 is 4.90 Å². The summed E-state index contributed by atoms with van der Waals surface area (Å²) in [6, 6.07) is 5.45. The SMILES string of the molecule is Cc1nc(N2CCCC2)nc2c1CCN(C(=O)c1ccccn1)CC2.O=C(O)C(F)(F)F. The molecular weight excluding hydrogens is 427 g/mol. The van der Waals surface area contributed by atoms with Gasteiger partial charge in [-0.2, -0.15) is 13.2 Å². The van der Waals surface area contributed by atoms with Crippen LogP contribution in [0.4, 0.5) is 19.1 Å². The fraction of sp³-hybridized carbons (Fsp3) is 0.476. The number of aryl methyl sites for hydroxylation is 1. The Hall–Kier alpha value is -3.24. The molecule has 0 aromatic carbocycles. The Balaban J connectivity index is 0.000000360. The number of aromatic nitrogens is 3. The molecule has 1 fully saturated rings. The van der Waals surface area contributed by atoms with Crippen molar-refractivity contribution in [1.29, 1.82) is 0 Å². The minimum atomic E-state index is -5.08. The molecule has 0 atom stereocenters. The summed E-state index contributed by atoms with van der Waals surface area (Å²) in [5.74, 6) is -1.90. The summed E-state index contributed by atoms with van der Waals surface area (Å²) in [7, 11) is 0. The second-order valence-corrected chi connectivity index (χ2v) is 7.54. The molecule has 0 aliphatic carbocycles. The number of hydrogen-bond acceptors (Lipinski definition) is 6. The highest BCUT2D eigenvalue weighted by atomic mass is 19.4. The highest BCUT2D eigenvalue weighted by Crippen LogP contribution is 2.23. The first-order chi connectivity index (χ1) is 15.2. The number of fused-ring (bicyclic) bond motifs is 1. The third kappa shape index (κ3) is 5.71. The normalized spacial score (nSPS) is 16.0. The number of anilines is 1. The van der Waals surface area contributed by atoms with Crippen LogP contribution in [-0.4, -0.2) is 69.2 Å². The Labute approximate surface area is 183 Å². The van der Waals surface area contributed by atoms with E-state index < -0.39 is 12.1 Å². The first-order valence-corrected chi connectivity index (χ1v) is 10.3. The molecule has 2 aliphatic heterocycles. The molecule has 0 radical (unpaired) electrons. The van der Waals surface area contributed by atoms with Crippen molar-refractivity contribution in [3.05, 3.63) is 47.0 Å². The van der Waals surface area contributed by atoms with Gasteiger partial charge in [0.1, 0.15) is 5.69 Å². The van der Waals surface area contributed by atoms with Gasteiger partial charge in [0.15, 0.2) is 0 Å². The van der Waals surface area contributed by atoms with Crippen molar-refractivity contribution in [3.63, 3.8) is 0 Å². The topological polar surface area (TPSA) is 99.5 Å². The lowest BCUT2D eigenvalue weighted by Gasteiger charge is -2.19. The minimum Gasteiger partial charge on any atom is -0.475 e. The molecule has 1 saturated heterocycles. The smallest absolute Gasteiger partial charge is 0.475 e. The molecule has 4 rings (SSSR count). The molecule has 2 aromatic rings. The lowest BCUT2D eigenvalue weighted by molar-refractivity contribution is -0.192. The van der Waals surface area contributed by atoms with E-state index in [9.17, 15) is 18.0 Å². The van der Waals surface area contributed by atoms with Gasteiger partial charge in [-0.15, -0.1) is 0 Å². The van der Waals surface area contributed by atoms with Crippen molar-refractivity contribution in [3.8, 4) is 0 Å². The van der Waals surface area contributed by atoms with Crippen molar-refractivity contribution in [2.24, 2.45) is 0 Å². The molecule has 0 bridgehead atoms. The third-order valence-corrected chi connectivity index (χ3v) is 5.34. The van der Waals surface area contributed by atoms with Crippen LogP contribution in [0.3, 0.4) is 0 Å². The number of carboxylic acids is 1. The number of carbonyl (C=O) groups is 2. The number of pyridine rings is 1. The van der Waals surface area contributed by atoms with Crippen molar-refractivity contribution < 1.29 is 27.9 Å². The van der Waals surface area contributed by atoms with E-state index in [4.69, 9.17) is 19.9 Å². The second kappa shape index (κ2) is 9.92. The molecule has 11 heteroatoms. The zero-order valence-electron chi connectivity index (χ0n) is 17.6. The molecule has 4 heterocycles. The van der Waals surface area contributed by atoms with E-state index in [2.05, 4.69) is 16.8 Å². The Morgan fingerprint density at radius 1 is 1.03 bits per heavy atom. The van der Waals surface area contributed by atoms with Crippen LogP contribution in [0.5, 0.6) is 0 Å². The highest BCUT2D eigenvalue weighted by Gasteiger charge is 2.38. The number of aliphatic carboxylic acids is 1. The Bertz CT molecular complexity index is 963. The maximum absolute atomic E-state index is 12.7. The lowest BCUT2D eigenvalue weighted by atomic mass is 10.1. The zero-order chi connectivity index (χ0) is 23.3. The largest absolute Gasteiger partial charge is 0.490 e. The van der Waals surface area contributed by atoms with Gasteiger partial charge >= 0.3 is 12.1 Å². The first kappa shape index (κ1) is 23.4.